The van der Waals surface area contributed by atoms with E-state index in [2.05, 4.69) is 20.4 Å². The van der Waals surface area contributed by atoms with Gasteiger partial charge in [-0.2, -0.15) is 18.3 Å². The SMILES string of the molecule is Nc1nccc(-c2cnn(-c3ccc(C(NC(=O)NC4CC4)C(F)(F)F)cn3)c2)c1[N+](=O)[O-]. The molecule has 11 nitrogen and oxygen atoms in total. The van der Waals surface area contributed by atoms with Gasteiger partial charge in [-0.05, 0) is 25.0 Å². The number of anilines is 1. The maximum atomic E-state index is 13.5. The van der Waals surface area contributed by atoms with Crippen molar-refractivity contribution in [2.75, 3.05) is 5.73 Å². The molecule has 14 heteroatoms. The zero-order valence-electron chi connectivity index (χ0n) is 16.8. The Hall–Kier alpha value is -4.23. The van der Waals surface area contributed by atoms with Crippen molar-refractivity contribution >= 4 is 17.5 Å². The minimum absolute atomic E-state index is 0.0973. The minimum atomic E-state index is -4.73. The number of hydrogen-bond acceptors (Lipinski definition) is 7. The van der Waals surface area contributed by atoms with E-state index in [9.17, 15) is 28.1 Å². The smallest absolute Gasteiger partial charge is 0.378 e. The molecule has 4 N–H and O–H groups in total. The third-order valence-electron chi connectivity index (χ3n) is 4.88. The lowest BCUT2D eigenvalue weighted by atomic mass is 10.1. The number of aromatic nitrogens is 4. The zero-order valence-corrected chi connectivity index (χ0v) is 16.8. The number of nitro groups is 1. The highest BCUT2D eigenvalue weighted by Crippen LogP contribution is 2.34. The lowest BCUT2D eigenvalue weighted by molar-refractivity contribution is -0.383. The highest BCUT2D eigenvalue weighted by atomic mass is 19.4. The van der Waals surface area contributed by atoms with Crippen LogP contribution in [-0.2, 0) is 0 Å². The summed E-state index contributed by atoms with van der Waals surface area (Å²) in [4.78, 5) is 30.2. The van der Waals surface area contributed by atoms with Crippen LogP contribution in [0.2, 0.25) is 0 Å². The van der Waals surface area contributed by atoms with Gasteiger partial charge in [0, 0.05) is 35.8 Å². The number of hydrogen-bond donors (Lipinski definition) is 3. The van der Waals surface area contributed by atoms with E-state index in [0.29, 0.717) is 5.56 Å². The first-order valence-electron chi connectivity index (χ1n) is 9.67. The summed E-state index contributed by atoms with van der Waals surface area (Å²) in [5, 5.41) is 19.8. The second-order valence-electron chi connectivity index (χ2n) is 7.34. The van der Waals surface area contributed by atoms with Gasteiger partial charge in [-0.1, -0.05) is 6.07 Å². The molecule has 1 unspecified atom stereocenters. The van der Waals surface area contributed by atoms with E-state index in [0.717, 1.165) is 19.0 Å². The Morgan fingerprint density at radius 3 is 2.61 bits per heavy atom. The average molecular weight is 462 g/mol. The predicted octanol–water partition coefficient (Wildman–Crippen LogP) is 2.88. The van der Waals surface area contributed by atoms with Crippen LogP contribution < -0.4 is 16.4 Å². The molecular weight excluding hydrogens is 445 g/mol. The zero-order chi connectivity index (χ0) is 23.8. The molecule has 0 spiro atoms. The molecule has 0 aromatic carbocycles. The minimum Gasteiger partial charge on any atom is -0.378 e. The van der Waals surface area contributed by atoms with E-state index >= 15 is 0 Å². The maximum absolute atomic E-state index is 13.5. The van der Waals surface area contributed by atoms with Crippen LogP contribution in [0.3, 0.4) is 0 Å². The van der Waals surface area contributed by atoms with Gasteiger partial charge in [0.15, 0.2) is 11.9 Å². The van der Waals surface area contributed by atoms with Crippen LogP contribution in [0.1, 0.15) is 24.4 Å². The summed E-state index contributed by atoms with van der Waals surface area (Å²) >= 11 is 0. The van der Waals surface area contributed by atoms with E-state index in [1.165, 1.54) is 41.5 Å². The van der Waals surface area contributed by atoms with Gasteiger partial charge in [0.25, 0.3) is 0 Å². The van der Waals surface area contributed by atoms with E-state index in [-0.39, 0.29) is 34.5 Å². The average Bonchev–Trinajstić information content (AvgIpc) is 3.42. The molecule has 1 fully saturated rings. The van der Waals surface area contributed by atoms with Gasteiger partial charge in [-0.15, -0.1) is 0 Å². The number of rotatable bonds is 6. The van der Waals surface area contributed by atoms with E-state index in [1.54, 1.807) is 0 Å². The maximum Gasteiger partial charge on any atom is 0.412 e. The Morgan fingerprint density at radius 2 is 2.00 bits per heavy atom. The van der Waals surface area contributed by atoms with Crippen molar-refractivity contribution in [3.63, 3.8) is 0 Å². The Labute approximate surface area is 184 Å². The number of nitrogens with one attached hydrogen (secondary N) is 2. The lowest BCUT2D eigenvalue weighted by Gasteiger charge is -2.22. The van der Waals surface area contributed by atoms with Crippen molar-refractivity contribution in [1.29, 1.82) is 0 Å². The van der Waals surface area contributed by atoms with Crippen LogP contribution in [0.5, 0.6) is 0 Å². The normalized spacial score (nSPS) is 14.5. The quantitative estimate of drug-likeness (QED) is 0.376. The summed E-state index contributed by atoms with van der Waals surface area (Å²) in [6.07, 6.45) is 1.79. The Morgan fingerprint density at radius 1 is 1.24 bits per heavy atom. The van der Waals surface area contributed by atoms with Crippen LogP contribution in [0, 0.1) is 10.1 Å². The van der Waals surface area contributed by atoms with Gasteiger partial charge in [0.2, 0.25) is 5.82 Å². The largest absolute Gasteiger partial charge is 0.412 e. The molecular formula is C19H17F3N8O3. The molecule has 0 saturated heterocycles. The van der Waals surface area contributed by atoms with Crippen molar-refractivity contribution in [1.82, 2.24) is 30.4 Å². The summed E-state index contributed by atoms with van der Waals surface area (Å²) in [5.74, 6) is -0.0952. The van der Waals surface area contributed by atoms with Crippen LogP contribution in [-0.4, -0.2) is 42.9 Å². The molecule has 3 aromatic heterocycles. The highest BCUT2D eigenvalue weighted by molar-refractivity contribution is 5.78. The first kappa shape index (κ1) is 22.0. The van der Waals surface area contributed by atoms with Crippen molar-refractivity contribution in [2.45, 2.75) is 31.1 Å². The number of amides is 2. The molecule has 1 saturated carbocycles. The van der Waals surface area contributed by atoms with Gasteiger partial charge in [0.05, 0.1) is 16.7 Å². The number of carbonyl (C=O) groups is 1. The molecule has 3 heterocycles. The number of halogens is 3. The first-order chi connectivity index (χ1) is 15.6. The molecule has 3 aromatic rings. The fourth-order valence-electron chi connectivity index (χ4n) is 3.13. The van der Waals surface area contributed by atoms with Crippen molar-refractivity contribution in [2.24, 2.45) is 0 Å². The topological polar surface area (TPSA) is 154 Å². The Balaban J connectivity index is 1.57. The number of nitrogens with zero attached hydrogens (tertiary/aromatic N) is 5. The number of nitrogen functional groups attached to an aromatic ring is 1. The van der Waals surface area contributed by atoms with Crippen molar-refractivity contribution in [3.8, 4) is 16.9 Å². The molecule has 1 aliphatic rings. The molecule has 1 aliphatic carbocycles. The van der Waals surface area contributed by atoms with Crippen LogP contribution in [0.4, 0.5) is 29.5 Å². The summed E-state index contributed by atoms with van der Waals surface area (Å²) in [7, 11) is 0. The van der Waals surface area contributed by atoms with E-state index in [4.69, 9.17) is 5.73 Å². The monoisotopic (exact) mass is 462 g/mol. The predicted molar refractivity (Wildman–Crippen MR) is 109 cm³/mol. The molecule has 4 rings (SSSR count). The Kier molecular flexibility index (Phi) is 5.57. The Bertz CT molecular complexity index is 1190. The summed E-state index contributed by atoms with van der Waals surface area (Å²) in [6, 6.07) is 0.623. The second kappa shape index (κ2) is 8.37. The molecule has 33 heavy (non-hydrogen) atoms. The summed E-state index contributed by atoms with van der Waals surface area (Å²) < 4.78 is 41.8. The first-order valence-corrected chi connectivity index (χ1v) is 9.67. The molecule has 1 atom stereocenters. The van der Waals surface area contributed by atoms with E-state index < -0.39 is 23.2 Å². The van der Waals surface area contributed by atoms with Crippen LogP contribution in [0.25, 0.3) is 16.9 Å². The standard InChI is InChI=1S/C19H17F3N8O3/c20-19(21,22)16(28-18(31)27-12-2-3-12)10-1-4-14(25-7-10)29-9-11(8-26-29)13-5-6-24-17(23)15(13)30(32)33/h1,4-9,12,16H,2-3H2,(H2,23,24)(H2,27,28,31). The van der Waals surface area contributed by atoms with Gasteiger partial charge in [0.1, 0.15) is 0 Å². The second-order valence-corrected chi connectivity index (χ2v) is 7.34. The number of urea groups is 1. The van der Waals surface area contributed by atoms with Gasteiger partial charge < -0.3 is 16.4 Å². The molecule has 172 valence electrons. The van der Waals surface area contributed by atoms with Crippen molar-refractivity contribution in [3.05, 3.63) is 58.7 Å². The summed E-state index contributed by atoms with van der Waals surface area (Å²) in [6.45, 7) is 0. The van der Waals surface area contributed by atoms with E-state index in [1.807, 2.05) is 5.32 Å². The number of nitrogens with two attached hydrogens (primary N) is 1. The van der Waals surface area contributed by atoms with Gasteiger partial charge in [-0.3, -0.25) is 10.1 Å². The van der Waals surface area contributed by atoms with Gasteiger partial charge in [-0.25, -0.2) is 19.4 Å². The molecule has 0 aliphatic heterocycles. The lowest BCUT2D eigenvalue weighted by Crippen LogP contribution is -2.44. The summed E-state index contributed by atoms with van der Waals surface area (Å²) in [5.41, 5.74) is 5.48. The molecule has 0 bridgehead atoms. The van der Waals surface area contributed by atoms with Crippen LogP contribution >= 0.6 is 0 Å². The highest BCUT2D eigenvalue weighted by Gasteiger charge is 2.42. The number of alkyl halides is 3. The fourth-order valence-corrected chi connectivity index (χ4v) is 3.13. The molecule has 0 radical (unpaired) electrons. The fraction of sp³-hybridized carbons (Fsp3) is 0.263. The van der Waals surface area contributed by atoms with Gasteiger partial charge >= 0.3 is 17.9 Å². The number of carbonyl (C=O) groups excluding carboxylic acids is 1. The number of pyridine rings is 2. The third kappa shape index (κ3) is 4.83. The third-order valence-corrected chi connectivity index (χ3v) is 4.88. The van der Waals surface area contributed by atoms with Crippen LogP contribution in [0.15, 0.2) is 43.0 Å². The molecule has 2 amide bonds. The van der Waals surface area contributed by atoms with Crippen molar-refractivity contribution < 1.29 is 22.9 Å².